The van der Waals surface area contributed by atoms with Crippen molar-refractivity contribution in [3.63, 3.8) is 0 Å². The molecule has 3 rings (SSSR count). The first-order valence-electron chi connectivity index (χ1n) is 7.00. The molecule has 0 aromatic carbocycles. The Morgan fingerprint density at radius 2 is 2.16 bits per heavy atom. The maximum absolute atomic E-state index is 4.62. The fraction of sp³-hybridized carbons (Fsp3) is 0.571. The van der Waals surface area contributed by atoms with Crippen LogP contribution in [0, 0.1) is 0 Å². The first kappa shape index (κ1) is 13.1. The predicted octanol–water partition coefficient (Wildman–Crippen LogP) is 3.13. The third kappa shape index (κ3) is 2.54. The fourth-order valence-corrected chi connectivity index (χ4v) is 3.57. The molecule has 1 N–H and O–H groups in total. The highest BCUT2D eigenvalue weighted by molar-refractivity contribution is 9.10. The monoisotopic (exact) mass is 322 g/mol. The van der Waals surface area contributed by atoms with Crippen LogP contribution in [-0.2, 0) is 0 Å². The van der Waals surface area contributed by atoms with Crippen molar-refractivity contribution in [1.82, 2.24) is 19.9 Å². The van der Waals surface area contributed by atoms with Gasteiger partial charge in [-0.2, -0.15) is 5.10 Å². The van der Waals surface area contributed by atoms with Gasteiger partial charge in [0.25, 0.3) is 0 Å². The lowest BCUT2D eigenvalue weighted by molar-refractivity contribution is 0.345. The number of nitrogens with one attached hydrogen (secondary N) is 1. The summed E-state index contributed by atoms with van der Waals surface area (Å²) in [5.74, 6) is 0.562. The summed E-state index contributed by atoms with van der Waals surface area (Å²) in [7, 11) is 0. The highest BCUT2D eigenvalue weighted by atomic mass is 79.9. The van der Waals surface area contributed by atoms with Gasteiger partial charge in [0.15, 0.2) is 0 Å². The summed E-state index contributed by atoms with van der Waals surface area (Å²) in [6.45, 7) is 3.25. The first-order chi connectivity index (χ1) is 9.29. The number of rotatable bonds is 3. The Morgan fingerprint density at radius 1 is 1.37 bits per heavy atom. The van der Waals surface area contributed by atoms with Gasteiger partial charge < -0.3 is 5.32 Å². The number of hydrogen-bond acceptors (Lipinski definition) is 3. The fourth-order valence-electron chi connectivity index (χ4n) is 3.09. The van der Waals surface area contributed by atoms with Crippen molar-refractivity contribution in [2.45, 2.75) is 44.6 Å². The minimum atomic E-state index is 0.562. The summed E-state index contributed by atoms with van der Waals surface area (Å²) < 4.78 is 2.97. The Labute approximate surface area is 121 Å². The van der Waals surface area contributed by atoms with Crippen LogP contribution in [0.25, 0.3) is 5.52 Å². The lowest BCUT2D eigenvalue weighted by Crippen LogP contribution is -2.32. The first-order valence-corrected chi connectivity index (χ1v) is 7.80. The molecule has 102 valence electrons. The summed E-state index contributed by atoms with van der Waals surface area (Å²) in [4.78, 5) is 4.62. The van der Waals surface area contributed by atoms with Crippen LogP contribution < -0.4 is 5.32 Å². The highest BCUT2D eigenvalue weighted by Gasteiger charge is 2.25. The SMILES string of the molecule is CCNC1CCC(c2nccn3ncc(Br)c23)CC1. The second-order valence-electron chi connectivity index (χ2n) is 5.20. The van der Waals surface area contributed by atoms with Crippen molar-refractivity contribution in [2.75, 3.05) is 6.54 Å². The van der Waals surface area contributed by atoms with Gasteiger partial charge in [0, 0.05) is 24.4 Å². The van der Waals surface area contributed by atoms with Crippen molar-refractivity contribution in [2.24, 2.45) is 0 Å². The van der Waals surface area contributed by atoms with Gasteiger partial charge in [-0.3, -0.25) is 4.98 Å². The Hall–Kier alpha value is -0.940. The van der Waals surface area contributed by atoms with Crippen LogP contribution in [0.4, 0.5) is 0 Å². The lowest BCUT2D eigenvalue weighted by atomic mass is 9.83. The van der Waals surface area contributed by atoms with E-state index in [1.54, 1.807) is 0 Å². The number of fused-ring (bicyclic) bond motifs is 1. The second kappa shape index (κ2) is 5.59. The number of hydrogen-bond donors (Lipinski definition) is 1. The van der Waals surface area contributed by atoms with Gasteiger partial charge in [-0.05, 0) is 48.2 Å². The second-order valence-corrected chi connectivity index (χ2v) is 6.06. The maximum atomic E-state index is 4.62. The van der Waals surface area contributed by atoms with Gasteiger partial charge in [-0.25, -0.2) is 4.52 Å². The average molecular weight is 323 g/mol. The summed E-state index contributed by atoms with van der Waals surface area (Å²) in [6.07, 6.45) is 10.5. The summed E-state index contributed by atoms with van der Waals surface area (Å²) >= 11 is 3.59. The molecule has 0 saturated heterocycles. The molecule has 5 heteroatoms. The van der Waals surface area contributed by atoms with E-state index in [4.69, 9.17) is 0 Å². The molecule has 0 radical (unpaired) electrons. The van der Waals surface area contributed by atoms with Crippen LogP contribution in [-0.4, -0.2) is 27.2 Å². The molecule has 2 aromatic heterocycles. The third-order valence-corrected chi connectivity index (χ3v) is 4.60. The van der Waals surface area contributed by atoms with Crippen molar-refractivity contribution in [1.29, 1.82) is 0 Å². The van der Waals surface area contributed by atoms with E-state index in [0.717, 1.165) is 16.5 Å². The zero-order valence-corrected chi connectivity index (χ0v) is 12.7. The van der Waals surface area contributed by atoms with Gasteiger partial charge in [0.1, 0.15) is 5.52 Å². The Kier molecular flexibility index (Phi) is 3.84. The quantitative estimate of drug-likeness (QED) is 0.944. The zero-order valence-electron chi connectivity index (χ0n) is 11.1. The van der Waals surface area contributed by atoms with E-state index < -0.39 is 0 Å². The van der Waals surface area contributed by atoms with Crippen LogP contribution in [0.15, 0.2) is 23.1 Å². The highest BCUT2D eigenvalue weighted by Crippen LogP contribution is 2.35. The van der Waals surface area contributed by atoms with Crippen LogP contribution in [0.3, 0.4) is 0 Å². The number of nitrogens with zero attached hydrogens (tertiary/aromatic N) is 3. The van der Waals surface area contributed by atoms with Crippen molar-refractivity contribution in [3.8, 4) is 0 Å². The normalized spacial score (nSPS) is 23.9. The summed E-state index contributed by atoms with van der Waals surface area (Å²) in [5, 5.41) is 7.89. The van der Waals surface area contributed by atoms with E-state index in [1.165, 1.54) is 31.4 Å². The molecule has 0 unspecified atom stereocenters. The average Bonchev–Trinajstić information content (AvgIpc) is 2.82. The molecule has 0 bridgehead atoms. The molecule has 4 nitrogen and oxygen atoms in total. The predicted molar refractivity (Wildman–Crippen MR) is 79.4 cm³/mol. The molecule has 0 spiro atoms. The molecular formula is C14H19BrN4. The van der Waals surface area contributed by atoms with E-state index in [0.29, 0.717) is 12.0 Å². The molecule has 1 fully saturated rings. The van der Waals surface area contributed by atoms with Crippen molar-refractivity contribution in [3.05, 3.63) is 28.8 Å². The van der Waals surface area contributed by atoms with E-state index in [2.05, 4.69) is 38.3 Å². The molecule has 1 saturated carbocycles. The zero-order chi connectivity index (χ0) is 13.2. The van der Waals surface area contributed by atoms with Crippen molar-refractivity contribution >= 4 is 21.4 Å². The van der Waals surface area contributed by atoms with Crippen LogP contribution >= 0.6 is 15.9 Å². The smallest absolute Gasteiger partial charge is 0.102 e. The number of aromatic nitrogens is 3. The molecule has 1 aliphatic carbocycles. The van der Waals surface area contributed by atoms with E-state index in [9.17, 15) is 0 Å². The Balaban J connectivity index is 1.84. The van der Waals surface area contributed by atoms with E-state index in [1.807, 2.05) is 23.1 Å². The largest absolute Gasteiger partial charge is 0.314 e. The van der Waals surface area contributed by atoms with Crippen LogP contribution in [0.5, 0.6) is 0 Å². The third-order valence-electron chi connectivity index (χ3n) is 4.02. The lowest BCUT2D eigenvalue weighted by Gasteiger charge is -2.28. The van der Waals surface area contributed by atoms with E-state index in [-0.39, 0.29) is 0 Å². The minimum Gasteiger partial charge on any atom is -0.314 e. The number of halogens is 1. The van der Waals surface area contributed by atoms with Gasteiger partial charge in [-0.1, -0.05) is 6.92 Å². The van der Waals surface area contributed by atoms with Crippen LogP contribution in [0.2, 0.25) is 0 Å². The maximum Gasteiger partial charge on any atom is 0.102 e. The summed E-state index contributed by atoms with van der Waals surface area (Å²) in [6, 6.07) is 0.689. The minimum absolute atomic E-state index is 0.562. The van der Waals surface area contributed by atoms with Gasteiger partial charge in [-0.15, -0.1) is 0 Å². The molecule has 0 amide bonds. The molecule has 0 atom stereocenters. The Bertz CT molecular complexity index is 558. The topological polar surface area (TPSA) is 42.2 Å². The Morgan fingerprint density at radius 3 is 2.89 bits per heavy atom. The summed E-state index contributed by atoms with van der Waals surface area (Å²) in [5.41, 5.74) is 2.33. The molecule has 1 aliphatic rings. The van der Waals surface area contributed by atoms with Gasteiger partial charge >= 0.3 is 0 Å². The molecular weight excluding hydrogens is 304 g/mol. The van der Waals surface area contributed by atoms with Crippen molar-refractivity contribution < 1.29 is 0 Å². The van der Waals surface area contributed by atoms with Gasteiger partial charge in [0.05, 0.1) is 16.4 Å². The molecule has 2 aromatic rings. The van der Waals surface area contributed by atoms with Crippen LogP contribution in [0.1, 0.15) is 44.2 Å². The standard InChI is InChI=1S/C14H19BrN4/c1-2-16-11-5-3-10(4-6-11)13-14-12(15)9-18-19(14)8-7-17-13/h7-11,16H,2-6H2,1H3. The van der Waals surface area contributed by atoms with E-state index >= 15 is 0 Å². The molecule has 2 heterocycles. The van der Waals surface area contributed by atoms with Gasteiger partial charge in [0.2, 0.25) is 0 Å². The molecule has 19 heavy (non-hydrogen) atoms. The molecule has 0 aliphatic heterocycles.